The molecule has 1 aromatic rings. The Hall–Kier alpha value is -1.59. The molecule has 1 aromatic carbocycles. The number of para-hydroxylation sites is 2. The molecule has 1 amide bonds. The number of benzene rings is 1. The Morgan fingerprint density at radius 3 is 2.65 bits per heavy atom. The summed E-state index contributed by atoms with van der Waals surface area (Å²) in [5.74, 6) is 0.799. The van der Waals surface area contributed by atoms with E-state index >= 15 is 0 Å². The standard InChI is InChI=1S/C15H23N3O2/c1-3-20-14-7-5-4-6-13(14)16-15(19)12-18-10-8-17(2)9-11-18/h4-7H,3,8-12H2,1-2H3,(H,16,19)/p+2. The van der Waals surface area contributed by atoms with Crippen molar-refractivity contribution in [3.63, 3.8) is 0 Å². The lowest BCUT2D eigenvalue weighted by Gasteiger charge is -2.26. The average Bonchev–Trinajstić information content (AvgIpc) is 2.44. The predicted molar refractivity (Wildman–Crippen MR) is 78.4 cm³/mol. The maximum atomic E-state index is 12.1. The van der Waals surface area contributed by atoms with E-state index in [4.69, 9.17) is 4.74 Å². The number of anilines is 1. The van der Waals surface area contributed by atoms with Gasteiger partial charge in [-0.3, -0.25) is 4.79 Å². The molecule has 0 unspecified atom stereocenters. The zero-order chi connectivity index (χ0) is 14.4. The van der Waals surface area contributed by atoms with Gasteiger partial charge in [0.25, 0.3) is 5.91 Å². The van der Waals surface area contributed by atoms with Crippen LogP contribution in [-0.2, 0) is 4.79 Å². The summed E-state index contributed by atoms with van der Waals surface area (Å²) in [5.41, 5.74) is 0.763. The van der Waals surface area contributed by atoms with Gasteiger partial charge < -0.3 is 19.9 Å². The van der Waals surface area contributed by atoms with E-state index in [1.165, 1.54) is 4.90 Å². The van der Waals surface area contributed by atoms with Crippen LogP contribution in [0.15, 0.2) is 24.3 Å². The van der Waals surface area contributed by atoms with Crippen molar-refractivity contribution in [2.24, 2.45) is 0 Å². The highest BCUT2D eigenvalue weighted by Crippen LogP contribution is 2.23. The third-order valence-corrected chi connectivity index (χ3v) is 3.68. The molecular weight excluding hydrogens is 254 g/mol. The summed E-state index contributed by atoms with van der Waals surface area (Å²) in [5, 5.41) is 2.96. The maximum absolute atomic E-state index is 12.1. The van der Waals surface area contributed by atoms with E-state index < -0.39 is 0 Å². The SMILES string of the molecule is CCOc1ccccc1NC(=O)C[NH+]1CC[NH+](C)CC1. The minimum atomic E-state index is 0.0618. The first kappa shape index (κ1) is 14.8. The fraction of sp³-hybridized carbons (Fsp3) is 0.533. The summed E-state index contributed by atoms with van der Waals surface area (Å²) in [6.07, 6.45) is 0. The fourth-order valence-electron chi connectivity index (χ4n) is 2.48. The van der Waals surface area contributed by atoms with Gasteiger partial charge in [-0.2, -0.15) is 0 Å². The van der Waals surface area contributed by atoms with Crippen LogP contribution in [0, 0.1) is 0 Å². The molecule has 1 saturated heterocycles. The Bertz CT molecular complexity index is 442. The van der Waals surface area contributed by atoms with Gasteiger partial charge in [-0.25, -0.2) is 0 Å². The van der Waals surface area contributed by atoms with Crippen LogP contribution in [0.4, 0.5) is 5.69 Å². The van der Waals surface area contributed by atoms with E-state index in [9.17, 15) is 4.79 Å². The highest BCUT2D eigenvalue weighted by molar-refractivity contribution is 5.92. The Morgan fingerprint density at radius 1 is 1.25 bits per heavy atom. The zero-order valence-electron chi connectivity index (χ0n) is 12.4. The lowest BCUT2D eigenvalue weighted by atomic mass is 10.3. The lowest BCUT2D eigenvalue weighted by Crippen LogP contribution is -3.27. The highest BCUT2D eigenvalue weighted by atomic mass is 16.5. The Morgan fingerprint density at radius 2 is 1.95 bits per heavy atom. The van der Waals surface area contributed by atoms with E-state index in [0.717, 1.165) is 37.6 Å². The van der Waals surface area contributed by atoms with Gasteiger partial charge in [0.15, 0.2) is 6.54 Å². The first-order chi connectivity index (χ1) is 9.69. The van der Waals surface area contributed by atoms with Crippen LogP contribution in [0.25, 0.3) is 0 Å². The third-order valence-electron chi connectivity index (χ3n) is 3.68. The molecular formula is C15H25N3O2+2. The van der Waals surface area contributed by atoms with Crippen LogP contribution in [-0.4, -0.2) is 52.3 Å². The van der Waals surface area contributed by atoms with Gasteiger partial charge in [-0.15, -0.1) is 0 Å². The van der Waals surface area contributed by atoms with E-state index in [1.54, 1.807) is 4.90 Å². The van der Waals surface area contributed by atoms with E-state index in [2.05, 4.69) is 12.4 Å². The minimum absolute atomic E-state index is 0.0618. The fourth-order valence-corrected chi connectivity index (χ4v) is 2.48. The van der Waals surface area contributed by atoms with Crippen LogP contribution in [0.3, 0.4) is 0 Å². The number of rotatable bonds is 5. The molecule has 1 fully saturated rings. The third kappa shape index (κ3) is 4.21. The van der Waals surface area contributed by atoms with Crippen LogP contribution in [0.5, 0.6) is 5.75 Å². The highest BCUT2D eigenvalue weighted by Gasteiger charge is 2.22. The average molecular weight is 279 g/mol. The molecule has 0 aliphatic carbocycles. The topological polar surface area (TPSA) is 47.2 Å². The molecule has 5 heteroatoms. The summed E-state index contributed by atoms with van der Waals surface area (Å²) in [6, 6.07) is 7.58. The van der Waals surface area contributed by atoms with Gasteiger partial charge >= 0.3 is 0 Å². The van der Waals surface area contributed by atoms with Crippen molar-refractivity contribution in [1.82, 2.24) is 0 Å². The molecule has 110 valence electrons. The van der Waals surface area contributed by atoms with Crippen molar-refractivity contribution in [3.05, 3.63) is 24.3 Å². The Kier molecular flexibility index (Phi) is 5.38. The summed E-state index contributed by atoms with van der Waals surface area (Å²) in [6.45, 7) is 7.47. The minimum Gasteiger partial charge on any atom is -0.492 e. The smallest absolute Gasteiger partial charge is 0.279 e. The number of carbonyl (C=O) groups is 1. The first-order valence-electron chi connectivity index (χ1n) is 7.35. The number of likely N-dealkylation sites (N-methyl/N-ethyl adjacent to an activating group) is 1. The quantitative estimate of drug-likeness (QED) is 0.610. The number of quaternary nitrogens is 2. The molecule has 0 bridgehead atoms. The zero-order valence-corrected chi connectivity index (χ0v) is 12.4. The molecule has 5 nitrogen and oxygen atoms in total. The second kappa shape index (κ2) is 7.26. The normalized spacial score (nSPS) is 22.3. The molecule has 1 heterocycles. The van der Waals surface area contributed by atoms with E-state index in [1.807, 2.05) is 31.2 Å². The largest absolute Gasteiger partial charge is 0.492 e. The Balaban J connectivity index is 1.88. The molecule has 0 radical (unpaired) electrons. The van der Waals surface area contributed by atoms with Gasteiger partial charge in [-0.05, 0) is 19.1 Å². The number of carbonyl (C=O) groups excluding carboxylic acids is 1. The molecule has 20 heavy (non-hydrogen) atoms. The van der Waals surface area contributed by atoms with E-state index in [-0.39, 0.29) is 5.91 Å². The van der Waals surface area contributed by atoms with Gasteiger partial charge in [0.1, 0.15) is 31.9 Å². The number of ether oxygens (including phenoxy) is 1. The second-order valence-corrected chi connectivity index (χ2v) is 5.36. The van der Waals surface area contributed by atoms with Crippen LogP contribution >= 0.6 is 0 Å². The van der Waals surface area contributed by atoms with Gasteiger partial charge in [0.2, 0.25) is 0 Å². The van der Waals surface area contributed by atoms with Crippen LogP contribution in [0.2, 0.25) is 0 Å². The van der Waals surface area contributed by atoms with Gasteiger partial charge in [0.05, 0.1) is 19.3 Å². The Labute approximate surface area is 120 Å². The van der Waals surface area contributed by atoms with Crippen molar-refractivity contribution < 1.29 is 19.3 Å². The first-order valence-corrected chi connectivity index (χ1v) is 7.35. The molecule has 0 saturated carbocycles. The summed E-state index contributed by atoms with van der Waals surface area (Å²) < 4.78 is 5.52. The maximum Gasteiger partial charge on any atom is 0.279 e. The van der Waals surface area contributed by atoms with Crippen molar-refractivity contribution in [1.29, 1.82) is 0 Å². The number of piperazine rings is 1. The summed E-state index contributed by atoms with van der Waals surface area (Å²) in [7, 11) is 2.20. The van der Waals surface area contributed by atoms with Crippen molar-refractivity contribution in [2.45, 2.75) is 6.92 Å². The van der Waals surface area contributed by atoms with E-state index in [0.29, 0.717) is 13.2 Å². The molecule has 2 rings (SSSR count). The summed E-state index contributed by atoms with van der Waals surface area (Å²) in [4.78, 5) is 15.0. The molecule has 1 aliphatic heterocycles. The number of hydrogen-bond acceptors (Lipinski definition) is 2. The molecule has 0 atom stereocenters. The number of nitrogens with one attached hydrogen (secondary N) is 3. The molecule has 1 aliphatic rings. The predicted octanol–water partition coefficient (Wildman–Crippen LogP) is -1.56. The molecule has 0 aromatic heterocycles. The molecule has 0 spiro atoms. The van der Waals surface area contributed by atoms with Crippen molar-refractivity contribution in [3.8, 4) is 5.75 Å². The monoisotopic (exact) mass is 279 g/mol. The number of amides is 1. The summed E-state index contributed by atoms with van der Waals surface area (Å²) >= 11 is 0. The van der Waals surface area contributed by atoms with Crippen molar-refractivity contribution in [2.75, 3.05) is 51.7 Å². The lowest BCUT2D eigenvalue weighted by molar-refractivity contribution is -0.999. The van der Waals surface area contributed by atoms with Crippen LogP contribution < -0.4 is 19.9 Å². The number of hydrogen-bond donors (Lipinski definition) is 3. The molecule has 3 N–H and O–H groups in total. The van der Waals surface area contributed by atoms with Gasteiger partial charge in [-0.1, -0.05) is 12.1 Å². The second-order valence-electron chi connectivity index (χ2n) is 5.36. The van der Waals surface area contributed by atoms with Crippen LogP contribution in [0.1, 0.15) is 6.92 Å². The van der Waals surface area contributed by atoms with Gasteiger partial charge in [0, 0.05) is 0 Å². The van der Waals surface area contributed by atoms with Crippen molar-refractivity contribution >= 4 is 11.6 Å².